The predicted molar refractivity (Wildman–Crippen MR) is 107 cm³/mol. The second-order valence-electron chi connectivity index (χ2n) is 7.35. The average Bonchev–Trinajstić information content (AvgIpc) is 3.09. The summed E-state index contributed by atoms with van der Waals surface area (Å²) >= 11 is 1.47. The quantitative estimate of drug-likeness (QED) is 0.727. The van der Waals surface area contributed by atoms with Crippen molar-refractivity contribution in [1.82, 2.24) is 9.38 Å². The summed E-state index contributed by atoms with van der Waals surface area (Å²) in [6.45, 7) is 6.00. The summed E-state index contributed by atoms with van der Waals surface area (Å²) in [4.78, 5) is 30.7. The SMILES string of the molecule is Cc1ccn2c(C(=O)Nc3sc4c(c3C(N)=O)CCC(C)C4)c(C)nc2c1. The Hall–Kier alpha value is -2.67. The molecule has 3 N–H and O–H groups in total. The van der Waals surface area contributed by atoms with Crippen molar-refractivity contribution in [2.75, 3.05) is 5.32 Å². The van der Waals surface area contributed by atoms with Crippen molar-refractivity contribution in [1.29, 1.82) is 0 Å². The molecule has 0 radical (unpaired) electrons. The third-order valence-corrected chi connectivity index (χ3v) is 6.33. The van der Waals surface area contributed by atoms with Crippen molar-refractivity contribution >= 4 is 33.8 Å². The van der Waals surface area contributed by atoms with E-state index >= 15 is 0 Å². The predicted octanol–water partition coefficient (Wildman–Crippen LogP) is 3.49. The summed E-state index contributed by atoms with van der Waals surface area (Å²) in [5, 5.41) is 3.48. The van der Waals surface area contributed by atoms with Crippen LogP contribution in [0.5, 0.6) is 0 Å². The summed E-state index contributed by atoms with van der Waals surface area (Å²) in [6.07, 6.45) is 4.62. The molecule has 7 heteroatoms. The highest BCUT2D eigenvalue weighted by atomic mass is 32.1. The number of imidazole rings is 1. The van der Waals surface area contributed by atoms with Gasteiger partial charge in [0, 0.05) is 11.1 Å². The molecule has 1 aliphatic rings. The number of carbonyl (C=O) groups is 2. The first-order valence-electron chi connectivity index (χ1n) is 9.06. The Kier molecular flexibility index (Phi) is 4.26. The zero-order chi connectivity index (χ0) is 19.3. The molecule has 3 heterocycles. The molecular formula is C20H22N4O2S. The number of nitrogens with two attached hydrogens (primary N) is 1. The van der Waals surface area contributed by atoms with Crippen LogP contribution in [0.15, 0.2) is 18.3 Å². The van der Waals surface area contributed by atoms with Crippen molar-refractivity contribution in [2.24, 2.45) is 11.7 Å². The number of primary amides is 1. The van der Waals surface area contributed by atoms with E-state index in [2.05, 4.69) is 17.2 Å². The van der Waals surface area contributed by atoms with Gasteiger partial charge in [0.25, 0.3) is 11.8 Å². The van der Waals surface area contributed by atoms with Gasteiger partial charge in [0.1, 0.15) is 16.3 Å². The van der Waals surface area contributed by atoms with E-state index in [1.54, 1.807) is 4.40 Å². The molecule has 0 saturated carbocycles. The van der Waals surface area contributed by atoms with E-state index in [9.17, 15) is 9.59 Å². The molecule has 1 unspecified atom stereocenters. The molecule has 0 aliphatic heterocycles. The van der Waals surface area contributed by atoms with Crippen molar-refractivity contribution in [2.45, 2.75) is 40.0 Å². The number of hydrogen-bond donors (Lipinski definition) is 2. The fraction of sp³-hybridized carbons (Fsp3) is 0.350. The van der Waals surface area contributed by atoms with E-state index in [1.807, 2.05) is 32.2 Å². The standard InChI is InChI=1S/C20H22N4O2S/c1-10-4-5-13-14(8-10)27-20(16(13)18(21)25)23-19(26)17-12(3)22-15-9-11(2)6-7-24(15)17/h6-7,9-10H,4-5,8H2,1-3H3,(H2,21,25)(H,23,26). The molecule has 2 amide bonds. The first kappa shape index (κ1) is 17.7. The summed E-state index contributed by atoms with van der Waals surface area (Å²) in [5.41, 5.74) is 10.1. The highest BCUT2D eigenvalue weighted by Crippen LogP contribution is 2.39. The number of aryl methyl sites for hydroxylation is 2. The number of fused-ring (bicyclic) bond motifs is 2. The Morgan fingerprint density at radius 3 is 2.89 bits per heavy atom. The normalized spacial score (nSPS) is 16.3. The third kappa shape index (κ3) is 3.02. The number of carbonyl (C=O) groups excluding carboxylic acids is 2. The van der Waals surface area contributed by atoms with Crippen LogP contribution in [0.3, 0.4) is 0 Å². The molecular weight excluding hydrogens is 360 g/mol. The molecule has 1 atom stereocenters. The summed E-state index contributed by atoms with van der Waals surface area (Å²) < 4.78 is 1.77. The number of nitrogens with one attached hydrogen (secondary N) is 1. The van der Waals surface area contributed by atoms with Gasteiger partial charge in [-0.3, -0.25) is 14.0 Å². The van der Waals surface area contributed by atoms with Crippen LogP contribution in [0.2, 0.25) is 0 Å². The van der Waals surface area contributed by atoms with E-state index in [0.717, 1.165) is 40.9 Å². The largest absolute Gasteiger partial charge is 0.365 e. The van der Waals surface area contributed by atoms with Gasteiger partial charge >= 0.3 is 0 Å². The fourth-order valence-electron chi connectivity index (χ4n) is 3.80. The van der Waals surface area contributed by atoms with E-state index in [0.29, 0.717) is 27.9 Å². The first-order valence-corrected chi connectivity index (χ1v) is 9.87. The smallest absolute Gasteiger partial charge is 0.275 e. The number of nitrogens with zero attached hydrogens (tertiary/aromatic N) is 2. The highest BCUT2D eigenvalue weighted by molar-refractivity contribution is 7.17. The van der Waals surface area contributed by atoms with Crippen LogP contribution in [0.4, 0.5) is 5.00 Å². The van der Waals surface area contributed by atoms with Crippen LogP contribution in [0.25, 0.3) is 5.65 Å². The van der Waals surface area contributed by atoms with Gasteiger partial charge < -0.3 is 11.1 Å². The maximum atomic E-state index is 13.0. The lowest BCUT2D eigenvalue weighted by molar-refractivity contribution is 0.1000. The molecule has 0 saturated heterocycles. The molecule has 140 valence electrons. The third-order valence-electron chi connectivity index (χ3n) is 5.16. The van der Waals surface area contributed by atoms with E-state index in [-0.39, 0.29) is 5.91 Å². The number of rotatable bonds is 3. The number of pyridine rings is 1. The van der Waals surface area contributed by atoms with Crippen LogP contribution in [-0.2, 0) is 12.8 Å². The Morgan fingerprint density at radius 2 is 2.15 bits per heavy atom. The average molecular weight is 382 g/mol. The Balaban J connectivity index is 1.74. The maximum absolute atomic E-state index is 13.0. The van der Waals surface area contributed by atoms with E-state index < -0.39 is 5.91 Å². The molecule has 6 nitrogen and oxygen atoms in total. The minimum Gasteiger partial charge on any atom is -0.365 e. The van der Waals surface area contributed by atoms with Gasteiger partial charge in [-0.05, 0) is 62.3 Å². The topological polar surface area (TPSA) is 89.5 Å². The van der Waals surface area contributed by atoms with Gasteiger partial charge in [-0.2, -0.15) is 0 Å². The lowest BCUT2D eigenvalue weighted by Gasteiger charge is -2.18. The minimum absolute atomic E-state index is 0.280. The van der Waals surface area contributed by atoms with E-state index in [1.165, 1.54) is 11.3 Å². The van der Waals surface area contributed by atoms with Crippen molar-refractivity contribution in [3.8, 4) is 0 Å². The van der Waals surface area contributed by atoms with Gasteiger partial charge in [0.2, 0.25) is 0 Å². The summed E-state index contributed by atoms with van der Waals surface area (Å²) in [7, 11) is 0. The lowest BCUT2D eigenvalue weighted by Crippen LogP contribution is -2.20. The van der Waals surface area contributed by atoms with Gasteiger partial charge in [-0.15, -0.1) is 11.3 Å². The molecule has 0 fully saturated rings. The zero-order valence-corrected chi connectivity index (χ0v) is 16.4. The summed E-state index contributed by atoms with van der Waals surface area (Å²) in [5.74, 6) is -0.189. The first-order chi connectivity index (χ1) is 12.8. The van der Waals surface area contributed by atoms with Gasteiger partial charge in [-0.1, -0.05) is 6.92 Å². The van der Waals surface area contributed by atoms with Crippen LogP contribution in [0, 0.1) is 19.8 Å². The number of hydrogen-bond acceptors (Lipinski definition) is 4. The molecule has 3 aromatic rings. The Bertz CT molecular complexity index is 1080. The number of amides is 2. The number of thiophene rings is 1. The highest BCUT2D eigenvalue weighted by Gasteiger charge is 2.28. The summed E-state index contributed by atoms with van der Waals surface area (Å²) in [6, 6.07) is 3.87. The molecule has 1 aliphatic carbocycles. The van der Waals surface area contributed by atoms with Crippen LogP contribution in [0.1, 0.15) is 55.9 Å². The molecule has 0 bridgehead atoms. The Labute approximate surface area is 161 Å². The van der Waals surface area contributed by atoms with Crippen LogP contribution < -0.4 is 11.1 Å². The second-order valence-corrected chi connectivity index (χ2v) is 8.46. The van der Waals surface area contributed by atoms with Crippen molar-refractivity contribution in [3.63, 3.8) is 0 Å². The molecule has 3 aromatic heterocycles. The number of aromatic nitrogens is 2. The lowest BCUT2D eigenvalue weighted by atomic mass is 9.88. The second kappa shape index (κ2) is 6.49. The Morgan fingerprint density at radius 1 is 1.37 bits per heavy atom. The van der Waals surface area contributed by atoms with Crippen molar-refractivity contribution < 1.29 is 9.59 Å². The molecule has 0 spiro atoms. The van der Waals surface area contributed by atoms with Gasteiger partial charge in [-0.25, -0.2) is 4.98 Å². The van der Waals surface area contributed by atoms with Gasteiger partial charge in [0.05, 0.1) is 11.3 Å². The van der Waals surface area contributed by atoms with Gasteiger partial charge in [0.15, 0.2) is 0 Å². The molecule has 27 heavy (non-hydrogen) atoms. The maximum Gasteiger partial charge on any atom is 0.275 e. The fourth-order valence-corrected chi connectivity index (χ4v) is 5.21. The minimum atomic E-state index is -0.483. The zero-order valence-electron chi connectivity index (χ0n) is 15.6. The van der Waals surface area contributed by atoms with Crippen molar-refractivity contribution in [3.05, 3.63) is 51.3 Å². The van der Waals surface area contributed by atoms with E-state index in [4.69, 9.17) is 5.73 Å². The molecule has 0 aromatic carbocycles. The monoisotopic (exact) mass is 382 g/mol. The number of anilines is 1. The van der Waals surface area contributed by atoms with Crippen LogP contribution >= 0.6 is 11.3 Å². The van der Waals surface area contributed by atoms with Crippen LogP contribution in [-0.4, -0.2) is 21.2 Å². The molecule has 4 rings (SSSR count).